The molecule has 5 heterocycles. The predicted molar refractivity (Wildman–Crippen MR) is 169 cm³/mol. The van der Waals surface area contributed by atoms with Gasteiger partial charge in [0.05, 0.1) is 47.1 Å². The lowest BCUT2D eigenvalue weighted by atomic mass is 9.83. The quantitative estimate of drug-likeness (QED) is 0.438. The molecule has 0 aromatic carbocycles. The number of nitriles is 1. The van der Waals surface area contributed by atoms with Crippen molar-refractivity contribution >= 4 is 34.1 Å². The van der Waals surface area contributed by atoms with Crippen LogP contribution >= 0.6 is 11.8 Å². The molecule has 2 aliphatic carbocycles. The van der Waals surface area contributed by atoms with Gasteiger partial charge in [-0.15, -0.1) is 0 Å². The molecule has 13 heteroatoms. The van der Waals surface area contributed by atoms with Crippen molar-refractivity contribution in [3.8, 4) is 12.1 Å². The van der Waals surface area contributed by atoms with Crippen LogP contribution in [0.4, 0.5) is 14.6 Å². The van der Waals surface area contributed by atoms with Crippen LogP contribution in [0.3, 0.4) is 0 Å². The van der Waals surface area contributed by atoms with E-state index >= 15 is 4.39 Å². The molecule has 0 amide bonds. The summed E-state index contributed by atoms with van der Waals surface area (Å²) in [5, 5.41) is 13.4. The minimum atomic E-state index is -0.739. The number of allylic oxidation sites excluding steroid dienone is 4. The number of halogens is 2. The molecular weight excluding hydrogens is 598 g/mol. The highest BCUT2D eigenvalue weighted by molar-refractivity contribution is 8.04. The van der Waals surface area contributed by atoms with Crippen molar-refractivity contribution < 1.29 is 18.3 Å². The number of piperazine rings is 1. The molecule has 5 aliphatic rings. The molecule has 2 aromatic heterocycles. The molecule has 4 atom stereocenters. The molecule has 2 saturated heterocycles. The highest BCUT2D eigenvalue weighted by Gasteiger charge is 2.46. The second-order valence-electron chi connectivity index (χ2n) is 12.8. The summed E-state index contributed by atoms with van der Waals surface area (Å²) < 4.78 is 43.5. The Balaban J connectivity index is 1.25. The standard InChI is InChI=1S/C32H38F2N8O2S/c1-3-19-14-41(9-8-37-19)30-22-13-38-26(20-4-5-23(33)28-24(20)21(12-35)29(36)45-28)25(34)27(22)39-31(40-30)44-17-32(6-7-32)16-42-10-11-43-15-18(42)2/h4-5,13,18-19,24,28,37H,3,6-11,14-17,36H2,1-2H3/t18-,19?,24?,28?/m0/s1. The summed E-state index contributed by atoms with van der Waals surface area (Å²) in [7, 11) is 0. The zero-order chi connectivity index (χ0) is 31.3. The van der Waals surface area contributed by atoms with Crippen molar-refractivity contribution in [2.45, 2.75) is 50.4 Å². The minimum Gasteiger partial charge on any atom is -0.463 e. The van der Waals surface area contributed by atoms with Gasteiger partial charge in [-0.2, -0.15) is 15.2 Å². The van der Waals surface area contributed by atoms with Gasteiger partial charge in [-0.05, 0) is 37.8 Å². The van der Waals surface area contributed by atoms with Crippen LogP contribution in [0, 0.1) is 28.5 Å². The Kier molecular flexibility index (Phi) is 8.18. The number of fused-ring (bicyclic) bond motifs is 2. The number of hydrogen-bond acceptors (Lipinski definition) is 11. The fourth-order valence-corrected chi connectivity index (χ4v) is 8.00. The van der Waals surface area contributed by atoms with Crippen LogP contribution in [0.25, 0.3) is 16.5 Å². The van der Waals surface area contributed by atoms with E-state index in [0.29, 0.717) is 42.5 Å². The van der Waals surface area contributed by atoms with Crippen molar-refractivity contribution in [2.24, 2.45) is 17.1 Å². The normalized spacial score (nSPS) is 28.0. The zero-order valence-electron chi connectivity index (χ0n) is 25.6. The Hall–Kier alpha value is -3.31. The summed E-state index contributed by atoms with van der Waals surface area (Å²) >= 11 is 1.08. The van der Waals surface area contributed by atoms with Gasteiger partial charge in [-0.3, -0.25) is 9.88 Å². The second kappa shape index (κ2) is 12.1. The lowest BCUT2D eigenvalue weighted by Gasteiger charge is -2.36. The third-order valence-corrected chi connectivity index (χ3v) is 11.0. The van der Waals surface area contributed by atoms with E-state index in [-0.39, 0.29) is 39.3 Å². The summed E-state index contributed by atoms with van der Waals surface area (Å²) in [4.78, 5) is 18.6. The molecule has 3 N–H and O–H groups in total. The smallest absolute Gasteiger partial charge is 0.319 e. The van der Waals surface area contributed by atoms with Crippen LogP contribution in [0.5, 0.6) is 6.01 Å². The van der Waals surface area contributed by atoms with Crippen LogP contribution in [0.15, 0.2) is 34.8 Å². The van der Waals surface area contributed by atoms with E-state index in [4.69, 9.17) is 20.2 Å². The van der Waals surface area contributed by atoms with Crippen molar-refractivity contribution in [3.05, 3.63) is 46.3 Å². The summed E-state index contributed by atoms with van der Waals surface area (Å²) in [5.74, 6) is -1.22. The maximum atomic E-state index is 16.7. The average molecular weight is 637 g/mol. The number of nitrogens with two attached hydrogens (primary N) is 1. The molecule has 3 unspecified atom stereocenters. The fraction of sp³-hybridized carbons (Fsp3) is 0.562. The molecule has 3 fully saturated rings. The number of nitrogens with zero attached hydrogens (tertiary/aromatic N) is 6. The third kappa shape index (κ3) is 5.67. The van der Waals surface area contributed by atoms with Crippen LogP contribution in [0.2, 0.25) is 0 Å². The summed E-state index contributed by atoms with van der Waals surface area (Å²) in [6, 6.07) is 2.85. The number of ether oxygens (including phenoxy) is 2. The molecule has 45 heavy (non-hydrogen) atoms. The lowest BCUT2D eigenvalue weighted by molar-refractivity contribution is -0.0134. The summed E-state index contributed by atoms with van der Waals surface area (Å²) in [6.45, 7) is 10.2. The fourth-order valence-electron chi connectivity index (χ4n) is 6.82. The van der Waals surface area contributed by atoms with Gasteiger partial charge in [-0.25, -0.2) is 8.78 Å². The number of hydrogen-bond donors (Lipinski definition) is 2. The van der Waals surface area contributed by atoms with Crippen LogP contribution < -0.4 is 20.7 Å². The van der Waals surface area contributed by atoms with Gasteiger partial charge >= 0.3 is 6.01 Å². The third-order valence-electron chi connectivity index (χ3n) is 9.76. The van der Waals surface area contributed by atoms with E-state index < -0.39 is 22.8 Å². The van der Waals surface area contributed by atoms with Gasteiger partial charge in [0.25, 0.3) is 0 Å². The topological polar surface area (TPSA) is 125 Å². The van der Waals surface area contributed by atoms with E-state index in [0.717, 1.165) is 63.9 Å². The number of anilines is 1. The van der Waals surface area contributed by atoms with Crippen molar-refractivity contribution in [2.75, 3.05) is 57.4 Å². The van der Waals surface area contributed by atoms with E-state index in [1.165, 1.54) is 12.2 Å². The Morgan fingerprint density at radius 1 is 1.27 bits per heavy atom. The van der Waals surface area contributed by atoms with E-state index in [2.05, 4.69) is 45.0 Å². The van der Waals surface area contributed by atoms with Crippen LogP contribution in [-0.4, -0.2) is 89.7 Å². The SMILES string of the molecule is CCC1CN(c2nc(OCC3(CN4CCOC[C@@H]4C)CC3)nc3c(F)c(C4=CC=C(F)C5SC(N)=C(C#N)C45)ncc23)CCN1. The first kappa shape index (κ1) is 30.3. The highest BCUT2D eigenvalue weighted by atomic mass is 32.2. The first-order valence-electron chi connectivity index (χ1n) is 15.7. The van der Waals surface area contributed by atoms with Gasteiger partial charge in [0.2, 0.25) is 0 Å². The number of morpholine rings is 1. The maximum absolute atomic E-state index is 16.7. The molecule has 2 aromatic rings. The molecular formula is C32H38F2N8O2S. The molecule has 0 bridgehead atoms. The van der Waals surface area contributed by atoms with Gasteiger partial charge in [0.1, 0.15) is 22.9 Å². The number of rotatable bonds is 8. The summed E-state index contributed by atoms with van der Waals surface area (Å²) in [6.07, 6.45) is 7.43. The van der Waals surface area contributed by atoms with Crippen LogP contribution in [0.1, 0.15) is 38.8 Å². The number of aromatic nitrogens is 3. The Labute approximate surface area is 265 Å². The van der Waals surface area contributed by atoms with Gasteiger partial charge in [0, 0.05) is 62.3 Å². The monoisotopic (exact) mass is 636 g/mol. The predicted octanol–water partition coefficient (Wildman–Crippen LogP) is 3.91. The van der Waals surface area contributed by atoms with Gasteiger partial charge in [-0.1, -0.05) is 24.8 Å². The van der Waals surface area contributed by atoms with Crippen molar-refractivity contribution in [1.29, 1.82) is 5.26 Å². The molecule has 0 radical (unpaired) electrons. The first-order chi connectivity index (χ1) is 21.8. The second-order valence-corrected chi connectivity index (χ2v) is 14.0. The maximum Gasteiger partial charge on any atom is 0.319 e. The van der Waals surface area contributed by atoms with Crippen LogP contribution in [-0.2, 0) is 4.74 Å². The highest BCUT2D eigenvalue weighted by Crippen LogP contribution is 2.51. The van der Waals surface area contributed by atoms with Gasteiger partial charge in [0.15, 0.2) is 5.82 Å². The Bertz CT molecular complexity index is 1640. The van der Waals surface area contributed by atoms with E-state index in [1.807, 2.05) is 0 Å². The van der Waals surface area contributed by atoms with Gasteiger partial charge < -0.3 is 25.4 Å². The number of thioether (sulfide) groups is 1. The average Bonchev–Trinajstić information content (AvgIpc) is 3.73. The molecule has 3 aliphatic heterocycles. The summed E-state index contributed by atoms with van der Waals surface area (Å²) in [5.41, 5.74) is 6.84. The molecule has 1 saturated carbocycles. The lowest BCUT2D eigenvalue weighted by Crippen LogP contribution is -2.50. The van der Waals surface area contributed by atoms with E-state index in [9.17, 15) is 9.65 Å². The minimum absolute atomic E-state index is 0.00676. The molecule has 10 nitrogen and oxygen atoms in total. The Morgan fingerprint density at radius 2 is 2.11 bits per heavy atom. The largest absolute Gasteiger partial charge is 0.463 e. The van der Waals surface area contributed by atoms with E-state index in [1.54, 1.807) is 6.20 Å². The first-order valence-corrected chi connectivity index (χ1v) is 16.6. The van der Waals surface area contributed by atoms with Crippen molar-refractivity contribution in [1.82, 2.24) is 25.2 Å². The number of nitrogens with one attached hydrogen (secondary N) is 1. The molecule has 238 valence electrons. The Morgan fingerprint density at radius 3 is 2.87 bits per heavy atom. The molecule has 7 rings (SSSR count). The number of pyridine rings is 1. The van der Waals surface area contributed by atoms with Crippen molar-refractivity contribution in [3.63, 3.8) is 0 Å². The zero-order valence-corrected chi connectivity index (χ0v) is 26.4. The molecule has 0 spiro atoms.